The molecule has 0 fully saturated rings. The minimum absolute atomic E-state index is 0.546. The van der Waals surface area contributed by atoms with Crippen LogP contribution < -0.4 is 0 Å². The molecule has 0 N–H and O–H groups in total. The molecule has 228 valence electrons. The SMILES string of the molecule is c1ccc2c(c1)oc1c3cc(-c4nc(-c5cccc6oc7ccccc7c56)nc(-n5c6ccccc6c6ccccc65)n4)ccc3ccc21. The van der Waals surface area contributed by atoms with Gasteiger partial charge >= 0.3 is 0 Å². The van der Waals surface area contributed by atoms with Crippen LogP contribution in [0.1, 0.15) is 0 Å². The van der Waals surface area contributed by atoms with Crippen LogP contribution in [0, 0.1) is 0 Å². The summed E-state index contributed by atoms with van der Waals surface area (Å²) in [6.07, 6.45) is 0. The van der Waals surface area contributed by atoms with Gasteiger partial charge in [0.1, 0.15) is 22.3 Å². The van der Waals surface area contributed by atoms with E-state index in [9.17, 15) is 0 Å². The van der Waals surface area contributed by atoms with Crippen LogP contribution in [0.4, 0.5) is 0 Å². The lowest BCUT2D eigenvalue weighted by Gasteiger charge is -2.12. The van der Waals surface area contributed by atoms with E-state index in [4.69, 9.17) is 23.8 Å². The maximum atomic E-state index is 6.44. The van der Waals surface area contributed by atoms with Gasteiger partial charge in [-0.25, -0.2) is 4.98 Å². The van der Waals surface area contributed by atoms with Crippen LogP contribution in [-0.4, -0.2) is 19.5 Å². The van der Waals surface area contributed by atoms with E-state index in [0.717, 1.165) is 87.6 Å². The molecule has 7 aromatic carbocycles. The minimum atomic E-state index is 0.546. The van der Waals surface area contributed by atoms with Crippen LogP contribution in [0.3, 0.4) is 0 Å². The molecule has 6 nitrogen and oxygen atoms in total. The van der Waals surface area contributed by atoms with Crippen LogP contribution in [0.25, 0.3) is 105 Å². The summed E-state index contributed by atoms with van der Waals surface area (Å²) in [4.78, 5) is 15.7. The van der Waals surface area contributed by atoms with Gasteiger partial charge in [-0.1, -0.05) is 103 Å². The Kier molecular flexibility index (Phi) is 5.29. The molecular weight excluding hydrogens is 604 g/mol. The lowest BCUT2D eigenvalue weighted by Crippen LogP contribution is -2.06. The Morgan fingerprint density at radius 2 is 1.06 bits per heavy atom. The fourth-order valence-electron chi connectivity index (χ4n) is 7.45. The molecule has 0 aliphatic carbocycles. The van der Waals surface area contributed by atoms with E-state index in [1.165, 1.54) is 0 Å². The third-order valence-corrected chi connectivity index (χ3v) is 9.67. The van der Waals surface area contributed by atoms with Gasteiger partial charge in [0, 0.05) is 48.8 Å². The molecule has 11 aromatic rings. The number of para-hydroxylation sites is 4. The van der Waals surface area contributed by atoms with Gasteiger partial charge in [-0.05, 0) is 47.9 Å². The summed E-state index contributed by atoms with van der Waals surface area (Å²) in [5, 5.41) is 8.56. The molecule has 0 saturated carbocycles. The molecule has 0 bridgehead atoms. The molecule has 6 heteroatoms. The van der Waals surface area contributed by atoms with E-state index in [1.807, 2.05) is 48.5 Å². The fraction of sp³-hybridized carbons (Fsp3) is 0. The van der Waals surface area contributed by atoms with Crippen LogP contribution in [0.2, 0.25) is 0 Å². The number of fused-ring (bicyclic) bond motifs is 11. The number of hydrogen-bond donors (Lipinski definition) is 0. The minimum Gasteiger partial charge on any atom is -0.456 e. The molecular formula is C43H24N4O2. The first-order chi connectivity index (χ1) is 24.3. The Morgan fingerprint density at radius 1 is 0.429 bits per heavy atom. The average molecular weight is 629 g/mol. The average Bonchev–Trinajstić information content (AvgIpc) is 3.84. The molecule has 4 heterocycles. The molecule has 11 rings (SSSR count). The summed E-state index contributed by atoms with van der Waals surface area (Å²) in [5.74, 6) is 1.69. The quantitative estimate of drug-likeness (QED) is 0.195. The third kappa shape index (κ3) is 3.79. The van der Waals surface area contributed by atoms with Crippen LogP contribution in [-0.2, 0) is 0 Å². The molecule has 0 aliphatic heterocycles. The number of nitrogens with zero attached hydrogens (tertiary/aromatic N) is 4. The molecule has 0 spiro atoms. The lowest BCUT2D eigenvalue weighted by molar-refractivity contribution is 0.669. The Bertz CT molecular complexity index is 3080. The van der Waals surface area contributed by atoms with Gasteiger partial charge in [0.2, 0.25) is 5.95 Å². The maximum Gasteiger partial charge on any atom is 0.238 e. The number of benzene rings is 7. The van der Waals surface area contributed by atoms with Crippen molar-refractivity contribution >= 4 is 76.5 Å². The van der Waals surface area contributed by atoms with Crippen LogP contribution in [0.5, 0.6) is 0 Å². The summed E-state index contributed by atoms with van der Waals surface area (Å²) in [7, 11) is 0. The van der Waals surface area contributed by atoms with E-state index in [1.54, 1.807) is 0 Å². The number of aromatic nitrogens is 4. The topological polar surface area (TPSA) is 69.9 Å². The number of rotatable bonds is 3. The third-order valence-electron chi connectivity index (χ3n) is 9.67. The predicted molar refractivity (Wildman–Crippen MR) is 197 cm³/mol. The first kappa shape index (κ1) is 26.3. The summed E-state index contributed by atoms with van der Waals surface area (Å²) in [6, 6.07) is 49.8. The van der Waals surface area contributed by atoms with Crippen molar-refractivity contribution in [1.82, 2.24) is 19.5 Å². The molecule has 0 saturated heterocycles. The second kappa shape index (κ2) is 9.86. The Hall–Kier alpha value is -6.79. The number of furan rings is 2. The van der Waals surface area contributed by atoms with E-state index in [2.05, 4.69) is 102 Å². The summed E-state index contributed by atoms with van der Waals surface area (Å²) >= 11 is 0. The largest absolute Gasteiger partial charge is 0.456 e. The Morgan fingerprint density at radius 3 is 1.86 bits per heavy atom. The van der Waals surface area contributed by atoms with Crippen molar-refractivity contribution in [2.75, 3.05) is 0 Å². The second-order valence-electron chi connectivity index (χ2n) is 12.4. The highest BCUT2D eigenvalue weighted by molar-refractivity contribution is 6.16. The molecule has 0 atom stereocenters. The number of hydrogen-bond acceptors (Lipinski definition) is 5. The van der Waals surface area contributed by atoms with E-state index in [0.29, 0.717) is 17.6 Å². The molecule has 4 aromatic heterocycles. The van der Waals surface area contributed by atoms with Gasteiger partial charge < -0.3 is 8.83 Å². The zero-order valence-corrected chi connectivity index (χ0v) is 26.0. The molecule has 49 heavy (non-hydrogen) atoms. The van der Waals surface area contributed by atoms with E-state index in [-0.39, 0.29) is 0 Å². The summed E-state index contributed by atoms with van der Waals surface area (Å²) in [6.45, 7) is 0. The fourth-order valence-corrected chi connectivity index (χ4v) is 7.45. The van der Waals surface area contributed by atoms with E-state index >= 15 is 0 Å². The van der Waals surface area contributed by atoms with Crippen molar-refractivity contribution in [2.45, 2.75) is 0 Å². The van der Waals surface area contributed by atoms with Crippen molar-refractivity contribution < 1.29 is 8.83 Å². The second-order valence-corrected chi connectivity index (χ2v) is 12.4. The Labute approximate surface area is 278 Å². The van der Waals surface area contributed by atoms with Crippen LogP contribution >= 0.6 is 0 Å². The van der Waals surface area contributed by atoms with Crippen molar-refractivity contribution in [3.8, 4) is 28.7 Å². The monoisotopic (exact) mass is 628 g/mol. The van der Waals surface area contributed by atoms with Crippen molar-refractivity contribution in [3.05, 3.63) is 146 Å². The Balaban J connectivity index is 1.23. The van der Waals surface area contributed by atoms with Crippen LogP contribution in [0.15, 0.2) is 154 Å². The van der Waals surface area contributed by atoms with Gasteiger partial charge in [-0.15, -0.1) is 0 Å². The molecule has 0 radical (unpaired) electrons. The maximum absolute atomic E-state index is 6.44. The highest BCUT2D eigenvalue weighted by Gasteiger charge is 2.21. The molecule has 0 amide bonds. The zero-order chi connectivity index (χ0) is 32.1. The van der Waals surface area contributed by atoms with Gasteiger partial charge in [-0.2, -0.15) is 9.97 Å². The van der Waals surface area contributed by atoms with Gasteiger partial charge in [0.05, 0.1) is 11.0 Å². The standard InChI is InChI=1S/C43H24N4O2/c1-5-15-34-27(10-1)28-11-2-6-16-35(28)47(34)43-45-41(44-42(46-43)32-14-9-19-38-39(32)31-13-4-8-18-37(31)48-38)26-21-20-25-22-23-30-29-12-3-7-17-36(29)49-40(30)33(25)24-26/h1-24H. The first-order valence-electron chi connectivity index (χ1n) is 16.3. The first-order valence-corrected chi connectivity index (χ1v) is 16.3. The normalized spacial score (nSPS) is 12.1. The highest BCUT2D eigenvalue weighted by Crippen LogP contribution is 2.39. The highest BCUT2D eigenvalue weighted by atomic mass is 16.3. The predicted octanol–water partition coefficient (Wildman–Crippen LogP) is 11.3. The van der Waals surface area contributed by atoms with Crippen molar-refractivity contribution in [2.24, 2.45) is 0 Å². The van der Waals surface area contributed by atoms with Gasteiger partial charge in [-0.3, -0.25) is 4.57 Å². The summed E-state index contributed by atoms with van der Waals surface area (Å²) < 4.78 is 14.9. The van der Waals surface area contributed by atoms with E-state index < -0.39 is 0 Å². The molecule has 0 aliphatic rings. The van der Waals surface area contributed by atoms with Gasteiger partial charge in [0.25, 0.3) is 0 Å². The van der Waals surface area contributed by atoms with Crippen molar-refractivity contribution in [1.29, 1.82) is 0 Å². The smallest absolute Gasteiger partial charge is 0.238 e. The summed E-state index contributed by atoms with van der Waals surface area (Å²) in [5.41, 5.74) is 7.15. The van der Waals surface area contributed by atoms with Gasteiger partial charge in [0.15, 0.2) is 11.6 Å². The zero-order valence-electron chi connectivity index (χ0n) is 26.0. The molecule has 0 unspecified atom stereocenters. The lowest BCUT2D eigenvalue weighted by atomic mass is 10.0. The van der Waals surface area contributed by atoms with Crippen molar-refractivity contribution in [3.63, 3.8) is 0 Å².